The van der Waals surface area contributed by atoms with E-state index in [4.69, 9.17) is 9.47 Å². The van der Waals surface area contributed by atoms with E-state index >= 15 is 0 Å². The number of hydrogen-bond donors (Lipinski definition) is 0. The van der Waals surface area contributed by atoms with E-state index in [9.17, 15) is 4.79 Å². The van der Waals surface area contributed by atoms with Gasteiger partial charge < -0.3 is 9.47 Å². The highest BCUT2D eigenvalue weighted by atomic mass is 79.9. The summed E-state index contributed by atoms with van der Waals surface area (Å²) >= 11 is 3.54. The summed E-state index contributed by atoms with van der Waals surface area (Å²) < 4.78 is 11.4. The smallest absolute Gasteiger partial charge is 0.324 e. The molecule has 2 aliphatic rings. The zero-order valence-corrected chi connectivity index (χ0v) is 15.2. The minimum atomic E-state index is -0.468. The Morgan fingerprint density at radius 1 is 1.38 bits per heavy atom. The molecule has 1 aliphatic carbocycles. The summed E-state index contributed by atoms with van der Waals surface area (Å²) in [7, 11) is 0. The molecule has 4 heteroatoms. The van der Waals surface area contributed by atoms with Crippen molar-refractivity contribution in [3.8, 4) is 0 Å². The van der Waals surface area contributed by atoms with Gasteiger partial charge in [-0.15, -0.1) is 0 Å². The Balaban J connectivity index is 2.25. The summed E-state index contributed by atoms with van der Waals surface area (Å²) in [5.74, 6) is -0.216. The number of alkyl halides is 1. The molecular formula is C17H25BrO3. The molecule has 1 atom stereocenters. The number of allylic oxidation sites excluding steroid dienone is 1. The zero-order valence-electron chi connectivity index (χ0n) is 13.6. The first-order chi connectivity index (χ1) is 9.62. The van der Waals surface area contributed by atoms with Gasteiger partial charge in [0.2, 0.25) is 0 Å². The maximum Gasteiger partial charge on any atom is 0.324 e. The monoisotopic (exact) mass is 356 g/mol. The van der Waals surface area contributed by atoms with Crippen molar-refractivity contribution in [1.29, 1.82) is 0 Å². The van der Waals surface area contributed by atoms with Crippen LogP contribution in [0.25, 0.3) is 0 Å². The van der Waals surface area contributed by atoms with Crippen LogP contribution in [0.3, 0.4) is 0 Å². The van der Waals surface area contributed by atoms with Crippen molar-refractivity contribution in [3.05, 3.63) is 22.8 Å². The highest BCUT2D eigenvalue weighted by Crippen LogP contribution is 2.42. The number of carbonyl (C=O) groups excluding carboxylic acids is 1. The van der Waals surface area contributed by atoms with Gasteiger partial charge in [-0.3, -0.25) is 4.79 Å². The van der Waals surface area contributed by atoms with Gasteiger partial charge in [0.1, 0.15) is 10.4 Å². The van der Waals surface area contributed by atoms with Crippen LogP contribution < -0.4 is 0 Å². The van der Waals surface area contributed by atoms with Crippen LogP contribution in [-0.4, -0.2) is 28.6 Å². The average Bonchev–Trinajstić information content (AvgIpc) is 2.35. The fraction of sp³-hybridized carbons (Fsp3) is 0.706. The molecule has 21 heavy (non-hydrogen) atoms. The average molecular weight is 357 g/mol. The van der Waals surface area contributed by atoms with Gasteiger partial charge in [0.25, 0.3) is 0 Å². The molecule has 0 bridgehead atoms. The summed E-state index contributed by atoms with van der Waals surface area (Å²) in [4.78, 5) is 11.9. The topological polar surface area (TPSA) is 35.5 Å². The van der Waals surface area contributed by atoms with Crippen LogP contribution in [0.1, 0.15) is 53.9 Å². The molecule has 0 radical (unpaired) electrons. The molecule has 0 saturated heterocycles. The molecule has 1 aliphatic heterocycles. The van der Waals surface area contributed by atoms with Crippen molar-refractivity contribution >= 4 is 21.9 Å². The highest BCUT2D eigenvalue weighted by molar-refractivity contribution is 9.10. The van der Waals surface area contributed by atoms with Gasteiger partial charge in [-0.25, -0.2) is 0 Å². The number of carbonyl (C=O) groups is 1. The lowest BCUT2D eigenvalue weighted by molar-refractivity contribution is -0.153. The first kappa shape index (κ1) is 16.8. The summed E-state index contributed by atoms with van der Waals surface area (Å²) in [5.41, 5.74) is 2.99. The van der Waals surface area contributed by atoms with Crippen LogP contribution in [0.4, 0.5) is 0 Å². The Labute approximate surface area is 135 Å². The van der Waals surface area contributed by atoms with Crippen LogP contribution >= 0.6 is 15.9 Å². The highest BCUT2D eigenvalue weighted by Gasteiger charge is 2.36. The fourth-order valence-electron chi connectivity index (χ4n) is 3.01. The van der Waals surface area contributed by atoms with E-state index in [2.05, 4.69) is 35.9 Å². The summed E-state index contributed by atoms with van der Waals surface area (Å²) in [6.45, 7) is 10.6. The Hall–Kier alpha value is -0.610. The van der Waals surface area contributed by atoms with Crippen LogP contribution in [0.2, 0.25) is 0 Å². The van der Waals surface area contributed by atoms with Crippen molar-refractivity contribution in [3.63, 3.8) is 0 Å². The minimum absolute atomic E-state index is 0.216. The first-order valence-corrected chi connectivity index (χ1v) is 8.47. The third kappa shape index (κ3) is 3.78. The van der Waals surface area contributed by atoms with Gasteiger partial charge >= 0.3 is 5.97 Å². The van der Waals surface area contributed by atoms with Crippen LogP contribution in [0.5, 0.6) is 0 Å². The number of esters is 1. The second-order valence-electron chi connectivity index (χ2n) is 7.16. The lowest BCUT2D eigenvalue weighted by atomic mass is 9.78. The van der Waals surface area contributed by atoms with Gasteiger partial charge in [0, 0.05) is 0 Å². The Bertz CT molecular complexity index is 495. The molecule has 0 N–H and O–H groups in total. The van der Waals surface area contributed by atoms with Crippen molar-refractivity contribution in [1.82, 2.24) is 0 Å². The molecule has 0 saturated carbocycles. The third-order valence-corrected chi connectivity index (χ3v) is 4.77. The number of ether oxygens (including phenoxy) is 2. The molecule has 0 aromatic heterocycles. The zero-order chi connectivity index (χ0) is 15.8. The normalized spacial score (nSPS) is 23.2. The predicted octanol–water partition coefficient (Wildman–Crippen LogP) is 4.31. The van der Waals surface area contributed by atoms with Crippen molar-refractivity contribution in [2.45, 2.75) is 69.9 Å². The lowest BCUT2D eigenvalue weighted by Crippen LogP contribution is -2.36. The van der Waals surface area contributed by atoms with Crippen molar-refractivity contribution < 1.29 is 14.3 Å². The summed E-state index contributed by atoms with van der Waals surface area (Å²) in [5, 5.41) is 0. The summed E-state index contributed by atoms with van der Waals surface area (Å²) in [6.07, 6.45) is 5.00. The van der Waals surface area contributed by atoms with E-state index in [1.807, 2.05) is 20.8 Å². The van der Waals surface area contributed by atoms with Gasteiger partial charge in [0.05, 0.1) is 12.2 Å². The maximum atomic E-state index is 12.3. The second-order valence-corrected chi connectivity index (χ2v) is 8.08. The molecule has 1 heterocycles. The van der Waals surface area contributed by atoms with E-state index in [-0.39, 0.29) is 11.6 Å². The predicted molar refractivity (Wildman–Crippen MR) is 87.6 cm³/mol. The van der Waals surface area contributed by atoms with Crippen molar-refractivity contribution in [2.75, 3.05) is 6.61 Å². The molecule has 3 nitrogen and oxygen atoms in total. The van der Waals surface area contributed by atoms with Gasteiger partial charge in [-0.1, -0.05) is 22.0 Å². The van der Waals surface area contributed by atoms with Crippen LogP contribution in [0, 0.1) is 0 Å². The number of rotatable bonds is 2. The van der Waals surface area contributed by atoms with Gasteiger partial charge in [0.15, 0.2) is 0 Å². The molecule has 0 amide bonds. The van der Waals surface area contributed by atoms with Gasteiger partial charge in [-0.05, 0) is 70.6 Å². The number of hydrogen-bond acceptors (Lipinski definition) is 3. The fourth-order valence-corrected chi connectivity index (χ4v) is 3.57. The molecule has 0 aromatic carbocycles. The van der Waals surface area contributed by atoms with E-state index < -0.39 is 10.4 Å². The third-order valence-electron chi connectivity index (χ3n) is 3.90. The maximum absolute atomic E-state index is 12.3. The molecule has 1 unspecified atom stereocenters. The Kier molecular flexibility index (Phi) is 4.69. The molecule has 0 fully saturated rings. The second kappa shape index (κ2) is 5.88. The van der Waals surface area contributed by atoms with E-state index in [0.717, 1.165) is 24.8 Å². The van der Waals surface area contributed by atoms with Gasteiger partial charge in [-0.2, -0.15) is 0 Å². The number of halogens is 1. The first-order valence-electron chi connectivity index (χ1n) is 7.55. The SMILES string of the molecule is CC(C)(C)OC(=O)C(Br)C1=CCCC2=C1CCOC2(C)C. The van der Waals surface area contributed by atoms with E-state index in [0.29, 0.717) is 6.61 Å². The quantitative estimate of drug-likeness (QED) is 0.546. The molecule has 2 rings (SSSR count). The van der Waals surface area contributed by atoms with Crippen molar-refractivity contribution in [2.24, 2.45) is 0 Å². The molecule has 0 aromatic rings. The largest absolute Gasteiger partial charge is 0.459 e. The lowest BCUT2D eigenvalue weighted by Gasteiger charge is -2.39. The van der Waals surface area contributed by atoms with E-state index in [1.165, 1.54) is 11.1 Å². The van der Waals surface area contributed by atoms with Crippen LogP contribution in [0.15, 0.2) is 22.8 Å². The molecule has 0 spiro atoms. The molecule has 118 valence electrons. The van der Waals surface area contributed by atoms with E-state index in [1.54, 1.807) is 0 Å². The minimum Gasteiger partial charge on any atom is -0.459 e. The van der Waals surface area contributed by atoms with Crippen LogP contribution in [-0.2, 0) is 14.3 Å². The summed E-state index contributed by atoms with van der Waals surface area (Å²) in [6, 6.07) is 0. The Morgan fingerprint density at radius 3 is 2.67 bits per heavy atom. The molecular weight excluding hydrogens is 332 g/mol. The Morgan fingerprint density at radius 2 is 2.05 bits per heavy atom. The standard InChI is InChI=1S/C17H25BrO3/c1-16(2,3)21-15(19)14(18)12-7-6-8-13-11(12)9-10-20-17(13,4)5/h7,14H,6,8-10H2,1-5H3.